The highest BCUT2D eigenvalue weighted by Gasteiger charge is 2.26. The molecule has 3 rings (SSSR count). The Morgan fingerprint density at radius 3 is 2.52 bits per heavy atom. The molecule has 1 aromatic heterocycles. The minimum Gasteiger partial charge on any atom is -0.358 e. The number of aryl methyl sites for hydroxylation is 1. The summed E-state index contributed by atoms with van der Waals surface area (Å²) in [4.78, 5) is 18.7. The summed E-state index contributed by atoms with van der Waals surface area (Å²) in [6.45, 7) is 6.17. The molecule has 0 bridgehead atoms. The van der Waals surface area contributed by atoms with Crippen LogP contribution in [0, 0.1) is 6.92 Å². The number of ketones is 1. The third kappa shape index (κ3) is 2.75. The molecule has 3 nitrogen and oxygen atoms in total. The summed E-state index contributed by atoms with van der Waals surface area (Å²) in [6.07, 6.45) is 5.02. The zero-order valence-electron chi connectivity index (χ0n) is 13.0. The van der Waals surface area contributed by atoms with Crippen LogP contribution in [0.3, 0.4) is 0 Å². The monoisotopic (exact) mass is 284 g/mol. The Bertz CT molecular complexity index is 636. The molecule has 0 radical (unpaired) electrons. The van der Waals surface area contributed by atoms with Gasteiger partial charge in [-0.15, -0.1) is 0 Å². The molecule has 2 aromatic rings. The Hall–Kier alpha value is -1.61. The van der Waals surface area contributed by atoms with E-state index in [1.165, 1.54) is 25.7 Å². The number of carbonyl (C=O) groups excluding carboxylic acids is 1. The van der Waals surface area contributed by atoms with Crippen molar-refractivity contribution in [2.45, 2.75) is 45.6 Å². The molecule has 0 saturated carbocycles. The largest absolute Gasteiger partial charge is 0.358 e. The van der Waals surface area contributed by atoms with Crippen molar-refractivity contribution in [3.63, 3.8) is 0 Å². The smallest absolute Gasteiger partial charge is 0.182 e. The third-order valence-corrected chi connectivity index (χ3v) is 4.71. The van der Waals surface area contributed by atoms with Crippen molar-refractivity contribution in [1.82, 2.24) is 9.88 Å². The number of rotatable bonds is 3. The van der Waals surface area contributed by atoms with Crippen LogP contribution >= 0.6 is 0 Å². The zero-order chi connectivity index (χ0) is 14.8. The molecule has 1 fully saturated rings. The van der Waals surface area contributed by atoms with E-state index in [0.29, 0.717) is 0 Å². The maximum Gasteiger partial charge on any atom is 0.182 e. The van der Waals surface area contributed by atoms with Crippen molar-refractivity contribution in [2.75, 3.05) is 13.1 Å². The summed E-state index contributed by atoms with van der Waals surface area (Å²) in [5.41, 5.74) is 2.92. The number of Topliss-reactive ketones (excluding diaryl/α,β-unsaturated/α-hetero) is 1. The lowest BCUT2D eigenvalue weighted by molar-refractivity contribution is 0.0844. The molecule has 1 aromatic carbocycles. The average molecular weight is 284 g/mol. The molecule has 1 saturated heterocycles. The Balaban J connectivity index is 1.90. The Morgan fingerprint density at radius 2 is 1.81 bits per heavy atom. The summed E-state index contributed by atoms with van der Waals surface area (Å²) in [5, 5.41) is 1.06. The van der Waals surface area contributed by atoms with E-state index in [-0.39, 0.29) is 11.8 Å². The number of aromatic amines is 1. The number of nitrogens with zero attached hydrogens (tertiary/aromatic N) is 1. The van der Waals surface area contributed by atoms with Gasteiger partial charge in [-0.25, -0.2) is 0 Å². The van der Waals surface area contributed by atoms with Gasteiger partial charge in [0.15, 0.2) is 5.78 Å². The van der Waals surface area contributed by atoms with Gasteiger partial charge in [-0.05, 0) is 45.8 Å². The first-order chi connectivity index (χ1) is 10.2. The zero-order valence-corrected chi connectivity index (χ0v) is 13.0. The summed E-state index contributed by atoms with van der Waals surface area (Å²) in [7, 11) is 0. The molecule has 112 valence electrons. The number of hydrogen-bond acceptors (Lipinski definition) is 2. The van der Waals surface area contributed by atoms with Crippen molar-refractivity contribution in [3.8, 4) is 0 Å². The second kappa shape index (κ2) is 6.02. The number of nitrogens with one attached hydrogen (secondary N) is 1. The number of para-hydroxylation sites is 1. The maximum absolute atomic E-state index is 13.0. The van der Waals surface area contributed by atoms with E-state index < -0.39 is 0 Å². The first-order valence-corrected chi connectivity index (χ1v) is 8.04. The lowest BCUT2D eigenvalue weighted by Gasteiger charge is -2.26. The molecule has 0 amide bonds. The molecule has 2 heterocycles. The third-order valence-electron chi connectivity index (χ3n) is 4.71. The molecule has 1 unspecified atom stereocenters. The summed E-state index contributed by atoms with van der Waals surface area (Å²) < 4.78 is 0. The number of benzene rings is 1. The van der Waals surface area contributed by atoms with Gasteiger partial charge in [0, 0.05) is 22.2 Å². The fraction of sp³-hybridized carbons (Fsp3) is 0.500. The van der Waals surface area contributed by atoms with Crippen molar-refractivity contribution in [2.24, 2.45) is 0 Å². The fourth-order valence-electron chi connectivity index (χ4n) is 3.45. The maximum atomic E-state index is 13.0. The van der Waals surface area contributed by atoms with Gasteiger partial charge in [0.05, 0.1) is 6.04 Å². The molecule has 21 heavy (non-hydrogen) atoms. The van der Waals surface area contributed by atoms with Crippen LogP contribution in [0.2, 0.25) is 0 Å². The minimum atomic E-state index is -0.0268. The van der Waals surface area contributed by atoms with Crippen LogP contribution < -0.4 is 0 Å². The van der Waals surface area contributed by atoms with Gasteiger partial charge in [0.1, 0.15) is 0 Å². The van der Waals surface area contributed by atoms with Gasteiger partial charge in [0.25, 0.3) is 0 Å². The summed E-state index contributed by atoms with van der Waals surface area (Å²) in [6, 6.07) is 8.06. The second-order valence-electron chi connectivity index (χ2n) is 6.16. The normalized spacial score (nSPS) is 18.6. The van der Waals surface area contributed by atoms with Crippen LogP contribution in [-0.2, 0) is 0 Å². The van der Waals surface area contributed by atoms with E-state index in [1.807, 2.05) is 31.2 Å². The van der Waals surface area contributed by atoms with Crippen LogP contribution in [0.15, 0.2) is 24.3 Å². The molecule has 0 spiro atoms. The number of aromatic nitrogens is 1. The Kier molecular flexibility index (Phi) is 4.11. The van der Waals surface area contributed by atoms with Crippen LogP contribution in [0.4, 0.5) is 0 Å². The average Bonchev–Trinajstić information content (AvgIpc) is 2.67. The number of hydrogen-bond donors (Lipinski definition) is 1. The predicted molar refractivity (Wildman–Crippen MR) is 86.9 cm³/mol. The van der Waals surface area contributed by atoms with Crippen LogP contribution in [-0.4, -0.2) is 34.8 Å². The quantitative estimate of drug-likeness (QED) is 0.867. The molecular formula is C18H24N2O. The van der Waals surface area contributed by atoms with Crippen molar-refractivity contribution in [3.05, 3.63) is 35.5 Å². The van der Waals surface area contributed by atoms with Crippen LogP contribution in [0.1, 0.15) is 48.7 Å². The SMILES string of the molecule is Cc1[nH]c2ccccc2c1C(=O)C(C)N1CCCCCC1. The van der Waals surface area contributed by atoms with E-state index in [2.05, 4.69) is 16.8 Å². The van der Waals surface area contributed by atoms with Crippen molar-refractivity contribution in [1.29, 1.82) is 0 Å². The van der Waals surface area contributed by atoms with E-state index in [4.69, 9.17) is 0 Å². The molecule has 1 aliphatic heterocycles. The lowest BCUT2D eigenvalue weighted by Crippen LogP contribution is -2.39. The number of H-pyrrole nitrogens is 1. The van der Waals surface area contributed by atoms with Gasteiger partial charge in [-0.2, -0.15) is 0 Å². The molecular weight excluding hydrogens is 260 g/mol. The second-order valence-corrected chi connectivity index (χ2v) is 6.16. The highest BCUT2D eigenvalue weighted by atomic mass is 16.1. The van der Waals surface area contributed by atoms with E-state index in [1.54, 1.807) is 0 Å². The molecule has 0 aliphatic carbocycles. The van der Waals surface area contributed by atoms with Gasteiger partial charge in [-0.3, -0.25) is 9.69 Å². The number of carbonyl (C=O) groups is 1. The molecule has 1 atom stereocenters. The van der Waals surface area contributed by atoms with Gasteiger partial charge < -0.3 is 4.98 Å². The topological polar surface area (TPSA) is 36.1 Å². The summed E-state index contributed by atoms with van der Waals surface area (Å²) in [5.74, 6) is 0.256. The van der Waals surface area contributed by atoms with Gasteiger partial charge in [0.2, 0.25) is 0 Å². The highest BCUT2D eigenvalue weighted by molar-refractivity contribution is 6.11. The summed E-state index contributed by atoms with van der Waals surface area (Å²) >= 11 is 0. The number of fused-ring (bicyclic) bond motifs is 1. The molecule has 3 heteroatoms. The van der Waals surface area contributed by atoms with Crippen LogP contribution in [0.25, 0.3) is 10.9 Å². The highest BCUT2D eigenvalue weighted by Crippen LogP contribution is 2.25. The first-order valence-electron chi connectivity index (χ1n) is 8.04. The van der Waals surface area contributed by atoms with E-state index in [9.17, 15) is 4.79 Å². The fourth-order valence-corrected chi connectivity index (χ4v) is 3.45. The lowest BCUT2D eigenvalue weighted by atomic mass is 10.0. The van der Waals surface area contributed by atoms with Crippen molar-refractivity contribution >= 4 is 16.7 Å². The Labute approximate surface area is 126 Å². The molecule has 1 N–H and O–H groups in total. The van der Waals surface area contributed by atoms with Crippen molar-refractivity contribution < 1.29 is 4.79 Å². The Morgan fingerprint density at radius 1 is 1.14 bits per heavy atom. The predicted octanol–water partition coefficient (Wildman–Crippen LogP) is 3.92. The van der Waals surface area contributed by atoms with E-state index >= 15 is 0 Å². The van der Waals surface area contributed by atoms with Gasteiger partial charge >= 0.3 is 0 Å². The van der Waals surface area contributed by atoms with E-state index in [0.717, 1.165) is 35.2 Å². The molecule has 1 aliphatic rings. The number of likely N-dealkylation sites (tertiary alicyclic amines) is 1. The standard InChI is InChI=1S/C18H24N2O/c1-13-17(15-9-5-6-10-16(15)19-13)18(21)14(2)20-11-7-3-4-8-12-20/h5-6,9-10,14,19H,3-4,7-8,11-12H2,1-2H3. The first kappa shape index (κ1) is 14.3. The minimum absolute atomic E-state index is 0.0268. The van der Waals surface area contributed by atoms with Gasteiger partial charge in [-0.1, -0.05) is 31.0 Å². The van der Waals surface area contributed by atoms with Crippen LogP contribution in [0.5, 0.6) is 0 Å².